The van der Waals surface area contributed by atoms with E-state index in [2.05, 4.69) is 153 Å². The molecule has 0 saturated carbocycles. The van der Waals surface area contributed by atoms with Crippen molar-refractivity contribution in [3.05, 3.63) is 252 Å². The average molecular weight is 647 g/mol. The van der Waals surface area contributed by atoms with Crippen LogP contribution < -0.4 is 0 Å². The highest BCUT2D eigenvalue weighted by atomic mass is 35.5. The quantitative estimate of drug-likeness (QED) is 0.158. The highest BCUT2D eigenvalue weighted by Crippen LogP contribution is 2.09. The Bertz CT molecular complexity index is 1450. The van der Waals surface area contributed by atoms with Gasteiger partial charge in [-0.05, 0) is 52.6 Å². The van der Waals surface area contributed by atoms with Crippen molar-refractivity contribution in [3.8, 4) is 0 Å². The molecule has 1 heteroatoms. The molecule has 0 aromatic heterocycles. The van der Waals surface area contributed by atoms with Gasteiger partial charge in [0.05, 0.1) is 0 Å². The Morgan fingerprint density at radius 3 is 0.625 bits per heavy atom. The van der Waals surface area contributed by atoms with E-state index in [9.17, 15) is 0 Å². The Morgan fingerprint density at radius 1 is 0.271 bits per heavy atom. The van der Waals surface area contributed by atoms with Crippen LogP contribution in [0, 0.1) is 0 Å². The van der Waals surface area contributed by atoms with Crippen LogP contribution in [-0.2, 0) is 25.1 Å². The van der Waals surface area contributed by atoms with E-state index in [1.54, 1.807) is 0 Å². The van der Waals surface area contributed by atoms with E-state index in [0.717, 1.165) is 19.3 Å². The van der Waals surface area contributed by atoms with Crippen LogP contribution in [0.1, 0.15) is 40.3 Å². The van der Waals surface area contributed by atoms with Gasteiger partial charge < -0.3 is 0 Å². The molecule has 0 spiro atoms. The molecule has 0 heterocycles. The molecule has 7 rings (SSSR count). The van der Waals surface area contributed by atoms with Gasteiger partial charge in [-0.15, -0.1) is 11.6 Å². The van der Waals surface area contributed by atoms with Gasteiger partial charge in [0.2, 0.25) is 0 Å². The van der Waals surface area contributed by atoms with Crippen LogP contribution in [0.15, 0.2) is 218 Å². The summed E-state index contributed by atoms with van der Waals surface area (Å²) in [6.07, 6.45) is 3.20. The SMILES string of the molecule is CCc1ccccc1.ClCc1ccccc1.c1ccc(Cc2ccccc2)cc1.c1ccc(Cc2ccccc2)cc1.c1ccccc1. The van der Waals surface area contributed by atoms with Crippen LogP contribution in [-0.4, -0.2) is 0 Å². The third-order valence-electron chi connectivity index (χ3n) is 7.10. The monoisotopic (exact) mass is 646 g/mol. The van der Waals surface area contributed by atoms with E-state index in [1.165, 1.54) is 33.4 Å². The second-order valence-electron chi connectivity index (χ2n) is 10.9. The summed E-state index contributed by atoms with van der Waals surface area (Å²) < 4.78 is 0. The summed E-state index contributed by atoms with van der Waals surface area (Å²) in [6, 6.07) is 74.6. The lowest BCUT2D eigenvalue weighted by atomic mass is 10.1. The lowest BCUT2D eigenvalue weighted by Gasteiger charge is -2.00. The predicted molar refractivity (Wildman–Crippen MR) is 210 cm³/mol. The molecule has 0 N–H and O–H groups in total. The number of halogens is 1. The second-order valence-corrected chi connectivity index (χ2v) is 11.2. The Balaban J connectivity index is 0.000000168. The molecule has 0 nitrogen and oxygen atoms in total. The first-order chi connectivity index (χ1) is 23.8. The number of aryl methyl sites for hydroxylation is 1. The molecule has 0 fully saturated rings. The highest BCUT2D eigenvalue weighted by Gasteiger charge is 1.93. The van der Waals surface area contributed by atoms with Crippen LogP contribution >= 0.6 is 11.6 Å². The normalized spacial score (nSPS) is 9.38. The average Bonchev–Trinajstić information content (AvgIpc) is 3.19. The molecule has 0 aliphatic carbocycles. The topological polar surface area (TPSA) is 0 Å². The third-order valence-corrected chi connectivity index (χ3v) is 7.41. The van der Waals surface area contributed by atoms with Crippen molar-refractivity contribution >= 4 is 11.6 Å². The minimum Gasteiger partial charge on any atom is -0.122 e. The zero-order valence-electron chi connectivity index (χ0n) is 28.0. The van der Waals surface area contributed by atoms with Gasteiger partial charge in [0.1, 0.15) is 0 Å². The van der Waals surface area contributed by atoms with Crippen molar-refractivity contribution in [2.75, 3.05) is 0 Å². The zero-order chi connectivity index (χ0) is 33.7. The second kappa shape index (κ2) is 25.0. The third kappa shape index (κ3) is 17.5. The summed E-state index contributed by atoms with van der Waals surface area (Å²) >= 11 is 5.53. The summed E-state index contributed by atoms with van der Waals surface area (Å²) in [5.41, 5.74) is 8.06. The van der Waals surface area contributed by atoms with Gasteiger partial charge in [-0.25, -0.2) is 0 Å². The zero-order valence-corrected chi connectivity index (χ0v) is 28.7. The number of alkyl halides is 1. The van der Waals surface area contributed by atoms with E-state index in [4.69, 9.17) is 11.6 Å². The summed E-state index contributed by atoms with van der Waals surface area (Å²) in [7, 11) is 0. The van der Waals surface area contributed by atoms with Crippen LogP contribution in [0.25, 0.3) is 0 Å². The molecule has 0 unspecified atom stereocenters. The first-order valence-electron chi connectivity index (χ1n) is 16.6. The first kappa shape index (κ1) is 37.3. The van der Waals surface area contributed by atoms with Crippen LogP contribution in [0.4, 0.5) is 0 Å². The van der Waals surface area contributed by atoms with E-state index in [1.807, 2.05) is 72.8 Å². The minimum atomic E-state index is 0.612. The molecule has 7 aromatic rings. The summed E-state index contributed by atoms with van der Waals surface area (Å²) in [4.78, 5) is 0. The van der Waals surface area contributed by atoms with Crippen molar-refractivity contribution in [1.82, 2.24) is 0 Å². The van der Waals surface area contributed by atoms with Gasteiger partial charge in [0.15, 0.2) is 0 Å². The molecule has 242 valence electrons. The van der Waals surface area contributed by atoms with Gasteiger partial charge in [-0.3, -0.25) is 0 Å². The molecule has 0 aliphatic heterocycles. The maximum Gasteiger partial charge on any atom is 0.0474 e. The number of hydrogen-bond donors (Lipinski definition) is 0. The van der Waals surface area contributed by atoms with Gasteiger partial charge in [0.25, 0.3) is 0 Å². The largest absolute Gasteiger partial charge is 0.122 e. The molecule has 0 aliphatic rings. The fraction of sp³-hybridized carbons (Fsp3) is 0.106. The molecular formula is C47H47Cl. The smallest absolute Gasteiger partial charge is 0.0474 e. The molecule has 0 bridgehead atoms. The maximum absolute atomic E-state index is 5.53. The van der Waals surface area contributed by atoms with Gasteiger partial charge in [0, 0.05) is 5.88 Å². The van der Waals surface area contributed by atoms with Crippen molar-refractivity contribution in [1.29, 1.82) is 0 Å². The molecular weight excluding hydrogens is 600 g/mol. The highest BCUT2D eigenvalue weighted by molar-refractivity contribution is 6.17. The Labute approximate surface area is 294 Å². The van der Waals surface area contributed by atoms with Gasteiger partial charge in [-0.2, -0.15) is 0 Å². The van der Waals surface area contributed by atoms with Gasteiger partial charge >= 0.3 is 0 Å². The Hall–Kier alpha value is -5.17. The molecule has 0 radical (unpaired) electrons. The van der Waals surface area contributed by atoms with Crippen LogP contribution in [0.3, 0.4) is 0 Å². The molecule has 0 saturated heterocycles. The lowest BCUT2D eigenvalue weighted by Crippen LogP contribution is -1.85. The standard InChI is InChI=1S/2C13H12.C8H10.C7H7Cl.C6H6/c2*1-3-7-12(8-4-1)11-13-9-5-2-6-10-13;1-2-8-6-4-3-5-7-8;8-6-7-4-2-1-3-5-7;1-2-4-6-5-3-1/h2*1-10H,11H2;3-7H,2H2,1H3;1-5H,6H2;1-6H. The minimum absolute atomic E-state index is 0.612. The number of rotatable bonds is 6. The van der Waals surface area contributed by atoms with Crippen molar-refractivity contribution in [2.24, 2.45) is 0 Å². The van der Waals surface area contributed by atoms with Crippen LogP contribution in [0.5, 0.6) is 0 Å². The van der Waals surface area contributed by atoms with E-state index < -0.39 is 0 Å². The molecule has 0 atom stereocenters. The van der Waals surface area contributed by atoms with Gasteiger partial charge in [-0.1, -0.05) is 225 Å². The summed E-state index contributed by atoms with van der Waals surface area (Å²) in [5.74, 6) is 0.612. The molecule has 7 aromatic carbocycles. The first-order valence-corrected chi connectivity index (χ1v) is 17.1. The van der Waals surface area contributed by atoms with Crippen LogP contribution in [0.2, 0.25) is 0 Å². The fourth-order valence-corrected chi connectivity index (χ4v) is 4.70. The van der Waals surface area contributed by atoms with E-state index in [0.29, 0.717) is 5.88 Å². The van der Waals surface area contributed by atoms with Crippen molar-refractivity contribution < 1.29 is 0 Å². The number of hydrogen-bond acceptors (Lipinski definition) is 0. The number of benzene rings is 7. The maximum atomic E-state index is 5.53. The van der Waals surface area contributed by atoms with E-state index in [-0.39, 0.29) is 0 Å². The Morgan fingerprint density at radius 2 is 0.458 bits per heavy atom. The van der Waals surface area contributed by atoms with Crippen molar-refractivity contribution in [3.63, 3.8) is 0 Å². The molecule has 0 amide bonds. The summed E-state index contributed by atoms with van der Waals surface area (Å²) in [5, 5.41) is 0. The fourth-order valence-electron chi connectivity index (χ4n) is 4.52. The van der Waals surface area contributed by atoms with Crippen molar-refractivity contribution in [2.45, 2.75) is 32.1 Å². The Kier molecular flexibility index (Phi) is 19.4. The van der Waals surface area contributed by atoms with E-state index >= 15 is 0 Å². The molecule has 48 heavy (non-hydrogen) atoms. The lowest BCUT2D eigenvalue weighted by molar-refractivity contribution is 1.14. The predicted octanol–water partition coefficient (Wildman–Crippen LogP) is 12.9. The summed E-state index contributed by atoms with van der Waals surface area (Å²) in [6.45, 7) is 2.16.